The van der Waals surface area contributed by atoms with Crippen molar-refractivity contribution < 1.29 is 9.53 Å². The van der Waals surface area contributed by atoms with Gasteiger partial charge >= 0.3 is 5.97 Å². The average molecular weight is 391 g/mol. The molecule has 6 heteroatoms. The van der Waals surface area contributed by atoms with Crippen molar-refractivity contribution in [1.29, 1.82) is 0 Å². The lowest BCUT2D eigenvalue weighted by atomic mass is 10.1. The Morgan fingerprint density at radius 2 is 1.90 bits per heavy atom. The number of quaternary nitrogens is 1. The Morgan fingerprint density at radius 3 is 2.59 bits per heavy atom. The fourth-order valence-corrected chi connectivity index (χ4v) is 3.49. The number of aromatic nitrogens is 3. The molecule has 0 N–H and O–H groups in total. The summed E-state index contributed by atoms with van der Waals surface area (Å²) < 4.78 is 7.65. The lowest BCUT2D eigenvalue weighted by Gasteiger charge is -2.29. The van der Waals surface area contributed by atoms with Gasteiger partial charge in [-0.3, -0.25) is 9.47 Å². The van der Waals surface area contributed by atoms with Crippen molar-refractivity contribution in [2.75, 3.05) is 27.7 Å². The maximum Gasteiger partial charge on any atom is 0.337 e. The average Bonchev–Trinajstić information content (AvgIpc) is 3.49. The fraction of sp³-hybridized carbons (Fsp3) is 0.348. The number of carbonyl (C=O) groups is 1. The summed E-state index contributed by atoms with van der Waals surface area (Å²) in [6.07, 6.45) is 8.05. The standard InChI is InChI=1S/C23H27N4O2/c1-27(2,20-8-6-18(7-9-20)17-4-5-17)13-12-26-15-22(25-16-26)21-14-19(10-11-24-21)23(28)29-3/h6-11,14-17H,4-5,12-13H2,1-3H3/q+1. The van der Waals surface area contributed by atoms with Crippen LogP contribution in [0.2, 0.25) is 0 Å². The molecule has 0 amide bonds. The first-order valence-electron chi connectivity index (χ1n) is 9.96. The number of methoxy groups -OCH3 is 1. The van der Waals surface area contributed by atoms with Gasteiger partial charge in [0.2, 0.25) is 0 Å². The Morgan fingerprint density at radius 1 is 1.14 bits per heavy atom. The predicted octanol–water partition coefficient (Wildman–Crippen LogP) is 3.88. The molecule has 150 valence electrons. The maximum atomic E-state index is 11.7. The zero-order chi connectivity index (χ0) is 20.4. The first-order valence-corrected chi connectivity index (χ1v) is 9.96. The molecule has 0 unspecified atom stereocenters. The second-order valence-corrected chi connectivity index (χ2v) is 8.19. The van der Waals surface area contributed by atoms with Gasteiger partial charge in [-0.25, -0.2) is 9.78 Å². The van der Waals surface area contributed by atoms with E-state index in [0.717, 1.165) is 29.2 Å². The van der Waals surface area contributed by atoms with Crippen LogP contribution >= 0.6 is 0 Å². The van der Waals surface area contributed by atoms with Crippen LogP contribution in [0.25, 0.3) is 11.4 Å². The normalized spacial score (nSPS) is 14.0. The monoisotopic (exact) mass is 391 g/mol. The van der Waals surface area contributed by atoms with Crippen LogP contribution in [-0.4, -0.2) is 48.3 Å². The first-order chi connectivity index (χ1) is 14.0. The summed E-state index contributed by atoms with van der Waals surface area (Å²) in [6, 6.07) is 12.4. The summed E-state index contributed by atoms with van der Waals surface area (Å²) in [5.74, 6) is 0.412. The van der Waals surface area contributed by atoms with E-state index in [2.05, 4.69) is 52.9 Å². The number of rotatable bonds is 7. The highest BCUT2D eigenvalue weighted by molar-refractivity contribution is 5.90. The number of pyridine rings is 1. The van der Waals surface area contributed by atoms with E-state index in [1.807, 2.05) is 12.5 Å². The SMILES string of the molecule is COC(=O)c1ccnc(-c2cn(CC[N+](C)(C)c3ccc(C4CC4)cc3)cn2)c1. The van der Waals surface area contributed by atoms with E-state index in [1.54, 1.807) is 18.3 Å². The second kappa shape index (κ2) is 7.79. The molecule has 1 aliphatic rings. The van der Waals surface area contributed by atoms with Crippen LogP contribution in [0.5, 0.6) is 0 Å². The smallest absolute Gasteiger partial charge is 0.337 e. The number of likely N-dealkylation sites (N-methyl/N-ethyl adjacent to an activating group) is 1. The van der Waals surface area contributed by atoms with Gasteiger partial charge in [0.15, 0.2) is 0 Å². The molecule has 0 radical (unpaired) electrons. The molecule has 0 bridgehead atoms. The number of carbonyl (C=O) groups excluding carboxylic acids is 1. The van der Waals surface area contributed by atoms with Gasteiger partial charge in [0, 0.05) is 12.4 Å². The molecular formula is C23H27N4O2+. The van der Waals surface area contributed by atoms with Gasteiger partial charge in [-0.2, -0.15) is 0 Å². The van der Waals surface area contributed by atoms with Crippen LogP contribution in [0, 0.1) is 0 Å². The largest absolute Gasteiger partial charge is 0.465 e. The van der Waals surface area contributed by atoms with Gasteiger partial charge in [-0.05, 0) is 48.6 Å². The van der Waals surface area contributed by atoms with Crippen molar-refractivity contribution in [2.45, 2.75) is 25.3 Å². The number of imidazole rings is 1. The molecule has 1 fully saturated rings. The molecule has 0 atom stereocenters. The fourth-order valence-electron chi connectivity index (χ4n) is 3.49. The topological polar surface area (TPSA) is 57.0 Å². The third kappa shape index (κ3) is 4.38. The third-order valence-corrected chi connectivity index (χ3v) is 5.63. The van der Waals surface area contributed by atoms with Crippen molar-refractivity contribution in [3.05, 3.63) is 66.2 Å². The molecule has 1 saturated carbocycles. The number of ether oxygens (including phenoxy) is 1. The molecule has 4 rings (SSSR count). The second-order valence-electron chi connectivity index (χ2n) is 8.19. The highest BCUT2D eigenvalue weighted by atomic mass is 16.5. The van der Waals surface area contributed by atoms with Gasteiger partial charge in [0.05, 0.1) is 45.3 Å². The molecule has 1 aliphatic carbocycles. The maximum absolute atomic E-state index is 11.7. The Kier molecular flexibility index (Phi) is 5.20. The molecular weight excluding hydrogens is 364 g/mol. The lowest BCUT2D eigenvalue weighted by Crippen LogP contribution is -2.42. The predicted molar refractivity (Wildman–Crippen MR) is 114 cm³/mol. The van der Waals surface area contributed by atoms with Crippen molar-refractivity contribution in [2.24, 2.45) is 0 Å². The van der Waals surface area contributed by atoms with Gasteiger partial charge in [0.25, 0.3) is 0 Å². The van der Waals surface area contributed by atoms with Crippen molar-refractivity contribution in [1.82, 2.24) is 19.0 Å². The van der Waals surface area contributed by atoms with Crippen LogP contribution in [0.1, 0.15) is 34.7 Å². The van der Waals surface area contributed by atoms with E-state index in [9.17, 15) is 4.79 Å². The lowest BCUT2D eigenvalue weighted by molar-refractivity contribution is 0.0600. The summed E-state index contributed by atoms with van der Waals surface area (Å²) in [5, 5.41) is 0. The van der Waals surface area contributed by atoms with Crippen LogP contribution < -0.4 is 4.48 Å². The number of hydrogen-bond donors (Lipinski definition) is 0. The number of esters is 1. The Labute approximate surface area is 171 Å². The van der Waals surface area contributed by atoms with Crippen molar-refractivity contribution >= 4 is 11.7 Å². The van der Waals surface area contributed by atoms with E-state index in [0.29, 0.717) is 11.3 Å². The molecule has 2 heterocycles. The number of benzene rings is 1. The molecule has 29 heavy (non-hydrogen) atoms. The molecule has 3 aromatic rings. The highest BCUT2D eigenvalue weighted by Gasteiger charge is 2.25. The minimum Gasteiger partial charge on any atom is -0.465 e. The summed E-state index contributed by atoms with van der Waals surface area (Å²) in [4.78, 5) is 20.5. The Hall–Kier alpha value is -2.99. The number of nitrogens with zero attached hydrogens (tertiary/aromatic N) is 4. The first kappa shape index (κ1) is 19.3. The Balaban J connectivity index is 1.43. The van der Waals surface area contributed by atoms with Crippen molar-refractivity contribution in [3.8, 4) is 11.4 Å². The van der Waals surface area contributed by atoms with Gasteiger partial charge in [-0.15, -0.1) is 0 Å². The quantitative estimate of drug-likeness (QED) is 0.453. The molecule has 0 aliphatic heterocycles. The van der Waals surface area contributed by atoms with E-state index in [1.165, 1.54) is 31.2 Å². The summed E-state index contributed by atoms with van der Waals surface area (Å²) in [6.45, 7) is 1.77. The molecule has 1 aromatic carbocycles. The molecule has 2 aromatic heterocycles. The zero-order valence-corrected chi connectivity index (χ0v) is 17.2. The molecule has 0 saturated heterocycles. The van der Waals surface area contributed by atoms with Gasteiger partial charge in [-0.1, -0.05) is 12.1 Å². The molecule has 6 nitrogen and oxygen atoms in total. The van der Waals surface area contributed by atoms with E-state index >= 15 is 0 Å². The highest BCUT2D eigenvalue weighted by Crippen LogP contribution is 2.40. The van der Waals surface area contributed by atoms with Gasteiger partial charge in [0.1, 0.15) is 17.9 Å². The van der Waals surface area contributed by atoms with E-state index in [4.69, 9.17) is 4.74 Å². The van der Waals surface area contributed by atoms with Crippen LogP contribution in [0.4, 0.5) is 5.69 Å². The van der Waals surface area contributed by atoms with E-state index in [-0.39, 0.29) is 5.97 Å². The summed E-state index contributed by atoms with van der Waals surface area (Å²) in [7, 11) is 5.83. The number of hydrogen-bond acceptors (Lipinski definition) is 4. The zero-order valence-electron chi connectivity index (χ0n) is 17.2. The summed E-state index contributed by atoms with van der Waals surface area (Å²) >= 11 is 0. The summed E-state index contributed by atoms with van der Waals surface area (Å²) in [5.41, 5.74) is 4.65. The van der Waals surface area contributed by atoms with E-state index < -0.39 is 0 Å². The Bertz CT molecular complexity index is 1000. The van der Waals surface area contributed by atoms with Crippen LogP contribution in [0.3, 0.4) is 0 Å². The van der Waals surface area contributed by atoms with Crippen LogP contribution in [0.15, 0.2) is 55.1 Å². The minimum atomic E-state index is -0.375. The van der Waals surface area contributed by atoms with Gasteiger partial charge < -0.3 is 9.30 Å². The minimum absolute atomic E-state index is 0.375. The van der Waals surface area contributed by atoms with Crippen molar-refractivity contribution in [3.63, 3.8) is 0 Å². The third-order valence-electron chi connectivity index (χ3n) is 5.63. The van der Waals surface area contributed by atoms with Crippen LogP contribution in [-0.2, 0) is 11.3 Å². The molecule has 0 spiro atoms.